The molecule has 2 amide bonds. The van der Waals surface area contributed by atoms with Crippen molar-refractivity contribution in [2.24, 2.45) is 5.73 Å². The maximum Gasteiger partial charge on any atom is 0.389 e. The van der Waals surface area contributed by atoms with Crippen molar-refractivity contribution in [3.05, 3.63) is 0 Å². The summed E-state index contributed by atoms with van der Waals surface area (Å²) in [6.45, 7) is 3.78. The summed E-state index contributed by atoms with van der Waals surface area (Å²) < 4.78 is 22.2. The Balaban J connectivity index is 0. The molecule has 0 atom stereocenters. The summed E-state index contributed by atoms with van der Waals surface area (Å²) in [5.74, 6) is 2.90. The summed E-state index contributed by atoms with van der Waals surface area (Å²) in [7, 11) is 0. The van der Waals surface area contributed by atoms with Crippen LogP contribution in [-0.2, 0) is 13.6 Å². The van der Waals surface area contributed by atoms with E-state index in [2.05, 4.69) is 12.7 Å². The van der Waals surface area contributed by atoms with Gasteiger partial charge in [-0.15, -0.1) is 0 Å². The number of carbonyl (C=O) groups is 1. The molecular weight excluding hydrogens is 311 g/mol. The third kappa shape index (κ3) is 16.0. The van der Waals surface area contributed by atoms with Gasteiger partial charge in [-0.05, 0) is 31.0 Å². The van der Waals surface area contributed by atoms with Crippen LogP contribution in [0.25, 0.3) is 0 Å². The largest absolute Gasteiger partial charge is 0.389 e. The lowest BCUT2D eigenvalue weighted by Crippen LogP contribution is -2.25. The van der Waals surface area contributed by atoms with Crippen LogP contribution in [0.2, 0.25) is 0 Å². The van der Waals surface area contributed by atoms with E-state index in [0.29, 0.717) is 13.2 Å². The Morgan fingerprint density at radius 3 is 2.05 bits per heavy atom. The smallest absolute Gasteiger partial charge is 0.350 e. The highest BCUT2D eigenvalue weighted by molar-refractivity contribution is 8.55. The highest BCUT2D eigenvalue weighted by Crippen LogP contribution is 2.60. The van der Waals surface area contributed by atoms with Gasteiger partial charge in [-0.25, -0.2) is 14.8 Å². The SMILES string of the molecule is CCOP(=O)(OCC)SCCSCC.NC(=O)NO. The van der Waals surface area contributed by atoms with Gasteiger partial charge in [0.15, 0.2) is 0 Å². The van der Waals surface area contributed by atoms with Gasteiger partial charge in [0.25, 0.3) is 0 Å². The Bertz CT molecular complexity index is 261. The van der Waals surface area contributed by atoms with Crippen molar-refractivity contribution in [3.63, 3.8) is 0 Å². The maximum absolute atomic E-state index is 11.9. The summed E-state index contributed by atoms with van der Waals surface area (Å²) in [6.07, 6.45) is 0. The van der Waals surface area contributed by atoms with E-state index in [1.807, 2.05) is 25.6 Å². The monoisotopic (exact) mass is 334 g/mol. The standard InChI is InChI=1S/C8H19O3PS2.CH4N2O2/c1-4-10-12(9,11-5-2)14-8-7-13-6-3;2-1(4)3-5/h4-8H2,1-3H3;5H,(H3,2,3,4). The summed E-state index contributed by atoms with van der Waals surface area (Å²) in [4.78, 5) is 9.23. The molecule has 0 aliphatic heterocycles. The third-order valence-electron chi connectivity index (χ3n) is 1.37. The van der Waals surface area contributed by atoms with Gasteiger partial charge in [0.2, 0.25) is 0 Å². The lowest BCUT2D eigenvalue weighted by molar-refractivity contribution is 0.169. The van der Waals surface area contributed by atoms with E-state index < -0.39 is 12.8 Å². The summed E-state index contributed by atoms with van der Waals surface area (Å²) >= 11 is 3.14. The molecule has 19 heavy (non-hydrogen) atoms. The van der Waals surface area contributed by atoms with E-state index in [4.69, 9.17) is 14.3 Å². The molecule has 0 aromatic rings. The molecule has 0 aromatic carbocycles. The van der Waals surface area contributed by atoms with E-state index in [-0.39, 0.29) is 0 Å². The number of thioether (sulfide) groups is 1. The molecule has 0 aromatic heterocycles. The Morgan fingerprint density at radius 1 is 1.26 bits per heavy atom. The Labute approximate surface area is 122 Å². The summed E-state index contributed by atoms with van der Waals surface area (Å²) in [5, 5.41) is 7.42. The Kier molecular flexibility index (Phi) is 16.3. The molecule has 0 rings (SSSR count). The van der Waals surface area contributed by atoms with Crippen molar-refractivity contribution >= 4 is 36.0 Å². The van der Waals surface area contributed by atoms with Gasteiger partial charge >= 0.3 is 12.8 Å². The highest BCUT2D eigenvalue weighted by atomic mass is 32.7. The van der Waals surface area contributed by atoms with Gasteiger partial charge in [0.1, 0.15) is 0 Å². The van der Waals surface area contributed by atoms with Gasteiger partial charge < -0.3 is 14.8 Å². The van der Waals surface area contributed by atoms with Crippen LogP contribution in [0.15, 0.2) is 0 Å². The van der Waals surface area contributed by atoms with Crippen LogP contribution in [0.3, 0.4) is 0 Å². The molecule has 10 heteroatoms. The van der Waals surface area contributed by atoms with E-state index in [0.717, 1.165) is 17.3 Å². The molecule has 0 aliphatic carbocycles. The fraction of sp³-hybridized carbons (Fsp3) is 0.889. The van der Waals surface area contributed by atoms with Crippen molar-refractivity contribution in [1.82, 2.24) is 5.48 Å². The van der Waals surface area contributed by atoms with Gasteiger partial charge in [-0.1, -0.05) is 6.92 Å². The zero-order valence-electron chi connectivity index (χ0n) is 11.5. The van der Waals surface area contributed by atoms with Crippen molar-refractivity contribution in [2.75, 3.05) is 30.5 Å². The number of nitrogens with two attached hydrogens (primary N) is 1. The van der Waals surface area contributed by atoms with Gasteiger partial charge in [0, 0.05) is 11.5 Å². The molecule has 4 N–H and O–H groups in total. The van der Waals surface area contributed by atoms with Crippen LogP contribution >= 0.6 is 29.9 Å². The van der Waals surface area contributed by atoms with E-state index in [1.54, 1.807) is 0 Å². The van der Waals surface area contributed by atoms with Crippen LogP contribution in [0.4, 0.5) is 4.79 Å². The second-order valence-electron chi connectivity index (χ2n) is 2.79. The first kappa shape index (κ1) is 21.4. The third-order valence-corrected chi connectivity index (χ3v) is 6.51. The van der Waals surface area contributed by atoms with Gasteiger partial charge in [0.05, 0.1) is 13.2 Å². The molecule has 0 aliphatic rings. The number of hydrogen-bond donors (Lipinski definition) is 3. The topological polar surface area (TPSA) is 111 Å². The number of hydrogen-bond acceptors (Lipinski definition) is 7. The first-order valence-electron chi connectivity index (χ1n) is 5.76. The number of nitrogens with one attached hydrogen (secondary N) is 1. The number of amides is 2. The fourth-order valence-corrected chi connectivity index (χ4v) is 5.34. The van der Waals surface area contributed by atoms with Gasteiger partial charge in [-0.2, -0.15) is 11.8 Å². The minimum absolute atomic E-state index is 0.436. The zero-order valence-corrected chi connectivity index (χ0v) is 14.0. The molecule has 116 valence electrons. The average Bonchev–Trinajstić information content (AvgIpc) is 2.36. The van der Waals surface area contributed by atoms with Crippen LogP contribution < -0.4 is 11.2 Å². The van der Waals surface area contributed by atoms with Crippen LogP contribution in [-0.4, -0.2) is 41.7 Å². The molecule has 7 nitrogen and oxygen atoms in total. The first-order chi connectivity index (χ1) is 8.95. The Morgan fingerprint density at radius 2 is 1.74 bits per heavy atom. The van der Waals surface area contributed by atoms with E-state index in [1.165, 1.54) is 16.9 Å². The van der Waals surface area contributed by atoms with Crippen molar-refractivity contribution in [3.8, 4) is 0 Å². The lowest BCUT2D eigenvalue weighted by Gasteiger charge is -2.15. The molecule has 0 bridgehead atoms. The van der Waals surface area contributed by atoms with Crippen molar-refractivity contribution in [1.29, 1.82) is 0 Å². The second kappa shape index (κ2) is 14.5. The molecule has 0 heterocycles. The number of hydroxylamine groups is 1. The number of carbonyl (C=O) groups excluding carboxylic acids is 1. The van der Waals surface area contributed by atoms with E-state index in [9.17, 15) is 9.36 Å². The normalized spacial score (nSPS) is 10.5. The molecule has 0 fully saturated rings. The van der Waals surface area contributed by atoms with Gasteiger partial charge in [-0.3, -0.25) is 5.21 Å². The number of urea groups is 1. The van der Waals surface area contributed by atoms with Crippen LogP contribution in [0.1, 0.15) is 20.8 Å². The molecule has 0 spiro atoms. The molecular formula is C9H23N2O5PS2. The van der Waals surface area contributed by atoms with Crippen molar-refractivity contribution < 1.29 is 23.6 Å². The maximum atomic E-state index is 11.9. The molecule has 0 saturated heterocycles. The summed E-state index contributed by atoms with van der Waals surface area (Å²) in [6, 6.07) is -0.940. The lowest BCUT2D eigenvalue weighted by atomic mass is 10.9. The predicted molar refractivity (Wildman–Crippen MR) is 80.8 cm³/mol. The minimum atomic E-state index is -2.86. The first-order valence-corrected chi connectivity index (χ1v) is 10.0. The van der Waals surface area contributed by atoms with Crippen molar-refractivity contribution in [2.45, 2.75) is 20.8 Å². The zero-order chi connectivity index (χ0) is 15.1. The van der Waals surface area contributed by atoms with E-state index >= 15 is 0 Å². The average molecular weight is 334 g/mol. The quantitative estimate of drug-likeness (QED) is 0.257. The molecule has 0 unspecified atom stereocenters. The van der Waals surface area contributed by atoms with Crippen LogP contribution in [0.5, 0.6) is 0 Å². The Hall–Kier alpha value is 0.0800. The second-order valence-corrected chi connectivity index (χ2v) is 8.38. The predicted octanol–water partition coefficient (Wildman–Crippen LogP) is 2.70. The summed E-state index contributed by atoms with van der Waals surface area (Å²) in [5.41, 5.74) is 5.46. The highest BCUT2D eigenvalue weighted by Gasteiger charge is 2.23. The number of rotatable bonds is 9. The minimum Gasteiger partial charge on any atom is -0.350 e. The van der Waals surface area contributed by atoms with Crippen LogP contribution in [0, 0.1) is 0 Å². The molecule has 0 radical (unpaired) electrons. The number of primary amides is 1. The fourth-order valence-electron chi connectivity index (χ4n) is 0.780. The molecule has 0 saturated carbocycles.